The Morgan fingerprint density at radius 2 is 0.806 bits per heavy atom. The van der Waals surface area contributed by atoms with Gasteiger partial charge in [0, 0.05) is 19.1 Å². The fraction of sp³-hybridized carbons (Fsp3) is 0.818. The Kier molecular flexibility index (Phi) is 11.5. The summed E-state index contributed by atoms with van der Waals surface area (Å²) in [5.74, 6) is 0. The SMILES string of the molecule is c1ccc(CN(CP(C2CCCCC2)C2CCCCC2)CP(C2CCCCC2)C2CCCCC2)cc1. The van der Waals surface area contributed by atoms with Crippen LogP contribution >= 0.6 is 15.8 Å². The Hall–Kier alpha value is 0.0400. The Balaban J connectivity index is 1.37. The highest BCUT2D eigenvalue weighted by molar-refractivity contribution is 7.60. The van der Waals surface area contributed by atoms with E-state index < -0.39 is 0 Å². The second kappa shape index (κ2) is 15.0. The van der Waals surface area contributed by atoms with E-state index in [1.54, 1.807) is 56.9 Å². The molecule has 0 unspecified atom stereocenters. The number of hydrogen-bond donors (Lipinski definition) is 0. The topological polar surface area (TPSA) is 3.24 Å². The molecule has 1 aromatic carbocycles. The lowest BCUT2D eigenvalue weighted by atomic mass is 9.99. The van der Waals surface area contributed by atoms with Gasteiger partial charge in [-0.25, -0.2) is 0 Å². The summed E-state index contributed by atoms with van der Waals surface area (Å²) in [5, 5.41) is 0. The van der Waals surface area contributed by atoms with Gasteiger partial charge in [-0.2, -0.15) is 0 Å². The summed E-state index contributed by atoms with van der Waals surface area (Å²) in [7, 11) is 0.277. The zero-order chi connectivity index (χ0) is 24.4. The molecule has 0 aliphatic heterocycles. The van der Waals surface area contributed by atoms with Crippen molar-refractivity contribution >= 4 is 15.8 Å². The maximum absolute atomic E-state index is 3.10. The van der Waals surface area contributed by atoms with E-state index in [0.29, 0.717) is 0 Å². The van der Waals surface area contributed by atoms with Crippen molar-refractivity contribution < 1.29 is 0 Å². The molecule has 0 spiro atoms. The van der Waals surface area contributed by atoms with Gasteiger partial charge in [-0.1, -0.05) is 123 Å². The highest BCUT2D eigenvalue weighted by Crippen LogP contribution is 2.59. The van der Waals surface area contributed by atoms with Crippen LogP contribution in [0.15, 0.2) is 30.3 Å². The summed E-state index contributed by atoms with van der Waals surface area (Å²) in [6.07, 6.45) is 33.6. The van der Waals surface area contributed by atoms with Crippen LogP contribution in [0.2, 0.25) is 0 Å². The molecule has 0 atom stereocenters. The Labute approximate surface area is 226 Å². The van der Waals surface area contributed by atoms with E-state index in [1.807, 2.05) is 0 Å². The van der Waals surface area contributed by atoms with Gasteiger partial charge in [0.15, 0.2) is 0 Å². The summed E-state index contributed by atoms with van der Waals surface area (Å²) in [4.78, 5) is 3.10. The predicted molar refractivity (Wildman–Crippen MR) is 163 cm³/mol. The van der Waals surface area contributed by atoms with E-state index in [0.717, 1.165) is 22.6 Å². The molecule has 1 aromatic rings. The van der Waals surface area contributed by atoms with Crippen molar-refractivity contribution in [1.82, 2.24) is 4.90 Å². The molecule has 0 bridgehead atoms. The Morgan fingerprint density at radius 1 is 0.472 bits per heavy atom. The smallest absolute Gasteiger partial charge is 0.0241 e. The van der Waals surface area contributed by atoms with Crippen molar-refractivity contribution in [2.24, 2.45) is 0 Å². The summed E-state index contributed by atoms with van der Waals surface area (Å²) < 4.78 is 0. The van der Waals surface area contributed by atoms with Crippen molar-refractivity contribution in [3.05, 3.63) is 35.9 Å². The molecular weight excluding hydrogens is 472 g/mol. The van der Waals surface area contributed by atoms with E-state index in [1.165, 1.54) is 96.2 Å². The minimum absolute atomic E-state index is 0.138. The second-order valence-electron chi connectivity index (χ2n) is 12.8. The second-order valence-corrected chi connectivity index (χ2v) is 18.3. The van der Waals surface area contributed by atoms with Gasteiger partial charge in [0.2, 0.25) is 0 Å². The molecule has 0 heterocycles. The van der Waals surface area contributed by atoms with Crippen molar-refractivity contribution in [2.45, 2.75) is 158 Å². The van der Waals surface area contributed by atoms with Crippen molar-refractivity contribution in [3.8, 4) is 0 Å². The molecule has 4 aliphatic rings. The average molecular weight is 528 g/mol. The minimum Gasteiger partial charge on any atom is -0.291 e. The number of hydrogen-bond acceptors (Lipinski definition) is 1. The molecule has 0 amide bonds. The normalized spacial score (nSPS) is 24.2. The third kappa shape index (κ3) is 8.03. The van der Waals surface area contributed by atoms with E-state index in [2.05, 4.69) is 35.2 Å². The molecule has 202 valence electrons. The van der Waals surface area contributed by atoms with Crippen molar-refractivity contribution in [1.29, 1.82) is 0 Å². The van der Waals surface area contributed by atoms with Crippen LogP contribution in [0.5, 0.6) is 0 Å². The van der Waals surface area contributed by atoms with Gasteiger partial charge in [0.1, 0.15) is 0 Å². The molecule has 5 rings (SSSR count). The largest absolute Gasteiger partial charge is 0.291 e. The first-order valence-electron chi connectivity index (χ1n) is 16.1. The molecule has 0 N–H and O–H groups in total. The van der Waals surface area contributed by atoms with Gasteiger partial charge < -0.3 is 0 Å². The van der Waals surface area contributed by atoms with Crippen LogP contribution in [0, 0.1) is 0 Å². The molecule has 3 heteroatoms. The van der Waals surface area contributed by atoms with Crippen LogP contribution in [0.3, 0.4) is 0 Å². The van der Waals surface area contributed by atoms with E-state index >= 15 is 0 Å². The molecule has 0 aromatic heterocycles. The van der Waals surface area contributed by atoms with E-state index in [-0.39, 0.29) is 15.8 Å². The molecule has 4 fully saturated rings. The zero-order valence-corrected chi connectivity index (χ0v) is 25.1. The maximum Gasteiger partial charge on any atom is 0.0241 e. The first-order chi connectivity index (χ1) is 17.9. The third-order valence-electron chi connectivity index (χ3n) is 10.2. The van der Waals surface area contributed by atoms with Crippen LogP contribution in [-0.2, 0) is 6.54 Å². The van der Waals surface area contributed by atoms with Gasteiger partial charge in [0.25, 0.3) is 0 Å². The predicted octanol–water partition coefficient (Wildman–Crippen LogP) is 10.7. The van der Waals surface area contributed by atoms with E-state index in [9.17, 15) is 0 Å². The fourth-order valence-electron chi connectivity index (χ4n) is 8.16. The highest BCUT2D eigenvalue weighted by Gasteiger charge is 2.36. The molecule has 0 saturated heterocycles. The molecule has 36 heavy (non-hydrogen) atoms. The number of rotatable bonds is 10. The zero-order valence-electron chi connectivity index (χ0n) is 23.3. The minimum atomic E-state index is 0.138. The van der Waals surface area contributed by atoms with Gasteiger partial charge in [-0.05, 0) is 79.6 Å². The number of nitrogens with zero attached hydrogens (tertiary/aromatic N) is 1. The van der Waals surface area contributed by atoms with Gasteiger partial charge in [-0.3, -0.25) is 4.90 Å². The number of benzene rings is 1. The lowest BCUT2D eigenvalue weighted by Crippen LogP contribution is -2.34. The summed E-state index contributed by atoms with van der Waals surface area (Å²) in [5.41, 5.74) is 5.87. The molecule has 0 radical (unpaired) electrons. The summed E-state index contributed by atoms with van der Waals surface area (Å²) in [6, 6.07) is 11.6. The molecule has 4 aliphatic carbocycles. The monoisotopic (exact) mass is 527 g/mol. The maximum atomic E-state index is 3.10. The molecule has 1 nitrogen and oxygen atoms in total. The first kappa shape index (κ1) is 27.6. The van der Waals surface area contributed by atoms with Crippen LogP contribution in [0.25, 0.3) is 0 Å². The highest BCUT2D eigenvalue weighted by atomic mass is 31.1. The lowest BCUT2D eigenvalue weighted by Gasteiger charge is -2.44. The van der Waals surface area contributed by atoms with Crippen molar-refractivity contribution in [3.63, 3.8) is 0 Å². The molecular formula is C33H55NP2. The standard InChI is InChI=1S/C33H55NP2/c1-6-16-29(17-7-1)26-34(27-35(30-18-8-2-9-19-30)31-20-10-3-11-21-31)28-36(32-22-12-4-13-23-32)33-24-14-5-15-25-33/h1,6-7,16-17,30-33H,2-5,8-15,18-28H2. The quantitative estimate of drug-likeness (QED) is 0.274. The van der Waals surface area contributed by atoms with Crippen LogP contribution in [0.4, 0.5) is 0 Å². The first-order valence-corrected chi connectivity index (χ1v) is 19.5. The fourth-order valence-corrected chi connectivity index (χ4v) is 15.9. The van der Waals surface area contributed by atoms with Crippen LogP contribution in [0.1, 0.15) is 134 Å². The van der Waals surface area contributed by atoms with Crippen molar-refractivity contribution in [2.75, 3.05) is 12.6 Å². The van der Waals surface area contributed by atoms with Gasteiger partial charge in [-0.15, -0.1) is 0 Å². The summed E-state index contributed by atoms with van der Waals surface area (Å²) in [6.45, 7) is 1.22. The van der Waals surface area contributed by atoms with Gasteiger partial charge >= 0.3 is 0 Å². The third-order valence-corrected chi connectivity index (χ3v) is 17.4. The van der Waals surface area contributed by atoms with E-state index in [4.69, 9.17) is 0 Å². The Bertz CT molecular complexity index is 636. The lowest BCUT2D eigenvalue weighted by molar-refractivity contribution is 0.351. The summed E-state index contributed by atoms with van der Waals surface area (Å²) >= 11 is 0. The Morgan fingerprint density at radius 3 is 1.14 bits per heavy atom. The van der Waals surface area contributed by atoms with Gasteiger partial charge in [0.05, 0.1) is 0 Å². The van der Waals surface area contributed by atoms with Crippen LogP contribution in [-0.4, -0.2) is 40.1 Å². The molecule has 4 saturated carbocycles. The van der Waals surface area contributed by atoms with Crippen LogP contribution < -0.4 is 0 Å². The average Bonchev–Trinajstić information content (AvgIpc) is 2.97.